The van der Waals surface area contributed by atoms with Crippen molar-refractivity contribution in [1.82, 2.24) is 9.21 Å². The summed E-state index contributed by atoms with van der Waals surface area (Å²) in [6.45, 7) is 6.03. The number of carbonyl (C=O) groups excluding carboxylic acids is 2. The van der Waals surface area contributed by atoms with Gasteiger partial charge in [-0.2, -0.15) is 0 Å². The van der Waals surface area contributed by atoms with Gasteiger partial charge >= 0.3 is 5.97 Å². The molecule has 7 nitrogen and oxygen atoms in total. The van der Waals surface area contributed by atoms with Crippen LogP contribution in [0, 0.1) is 18.8 Å². The Hall–Kier alpha value is -1.93. The summed E-state index contributed by atoms with van der Waals surface area (Å²) in [5.41, 5.74) is 1.88. The second-order valence-electron chi connectivity index (χ2n) is 8.27. The highest BCUT2D eigenvalue weighted by Crippen LogP contribution is 2.26. The summed E-state index contributed by atoms with van der Waals surface area (Å²) in [6, 6.07) is 7.54. The monoisotopic (exact) mass is 436 g/mol. The molecule has 1 aromatic carbocycles. The molecule has 0 saturated carbocycles. The van der Waals surface area contributed by atoms with Crippen LogP contribution < -0.4 is 0 Å². The van der Waals surface area contributed by atoms with E-state index in [4.69, 9.17) is 4.74 Å². The molecule has 2 aliphatic heterocycles. The molecule has 2 saturated heterocycles. The fourth-order valence-electron chi connectivity index (χ4n) is 4.22. The summed E-state index contributed by atoms with van der Waals surface area (Å²) < 4.78 is 32.1. The molecule has 1 amide bonds. The predicted molar refractivity (Wildman–Crippen MR) is 114 cm³/mol. The Balaban J connectivity index is 1.48. The molecule has 3 rings (SSSR count). The highest BCUT2D eigenvalue weighted by Gasteiger charge is 2.35. The Labute approximate surface area is 179 Å². The van der Waals surface area contributed by atoms with E-state index in [1.54, 1.807) is 6.92 Å². The zero-order chi connectivity index (χ0) is 21.7. The minimum atomic E-state index is -3.39. The minimum Gasteiger partial charge on any atom is -0.466 e. The first-order valence-electron chi connectivity index (χ1n) is 10.8. The summed E-state index contributed by atoms with van der Waals surface area (Å²) in [7, 11) is -3.39. The Morgan fingerprint density at radius 2 is 1.53 bits per heavy atom. The van der Waals surface area contributed by atoms with E-state index >= 15 is 0 Å². The lowest BCUT2D eigenvalue weighted by atomic mass is 9.92. The molecule has 8 heteroatoms. The van der Waals surface area contributed by atoms with Crippen LogP contribution in [0.3, 0.4) is 0 Å². The predicted octanol–water partition coefficient (Wildman–Crippen LogP) is 2.34. The van der Waals surface area contributed by atoms with Gasteiger partial charge in [-0.1, -0.05) is 29.8 Å². The summed E-state index contributed by atoms with van der Waals surface area (Å²) in [6.07, 6.45) is 2.36. The van der Waals surface area contributed by atoms with Crippen molar-refractivity contribution >= 4 is 21.9 Å². The third-order valence-electron chi connectivity index (χ3n) is 6.09. The fourth-order valence-corrected chi connectivity index (χ4v) is 5.78. The van der Waals surface area contributed by atoms with Crippen molar-refractivity contribution in [3.8, 4) is 0 Å². The quantitative estimate of drug-likeness (QED) is 0.639. The topological polar surface area (TPSA) is 84.0 Å². The molecular weight excluding hydrogens is 404 g/mol. The maximum Gasteiger partial charge on any atom is 0.309 e. The smallest absolute Gasteiger partial charge is 0.309 e. The van der Waals surface area contributed by atoms with Gasteiger partial charge in [-0.25, -0.2) is 12.7 Å². The third kappa shape index (κ3) is 5.60. The first-order valence-corrected chi connectivity index (χ1v) is 12.4. The van der Waals surface area contributed by atoms with Gasteiger partial charge in [-0.15, -0.1) is 0 Å². The molecular formula is C22H32N2O5S. The van der Waals surface area contributed by atoms with E-state index < -0.39 is 10.0 Å². The van der Waals surface area contributed by atoms with Crippen molar-refractivity contribution in [2.45, 2.75) is 45.3 Å². The Bertz CT molecular complexity index is 837. The third-order valence-corrected chi connectivity index (χ3v) is 7.94. The molecule has 2 fully saturated rings. The van der Waals surface area contributed by atoms with Crippen molar-refractivity contribution in [3.05, 3.63) is 35.4 Å². The lowest BCUT2D eigenvalue weighted by Crippen LogP contribution is -2.47. The number of esters is 1. The first-order chi connectivity index (χ1) is 14.3. The van der Waals surface area contributed by atoms with Gasteiger partial charge in [0.25, 0.3) is 0 Å². The van der Waals surface area contributed by atoms with Crippen molar-refractivity contribution in [1.29, 1.82) is 0 Å². The number of piperidine rings is 2. The van der Waals surface area contributed by atoms with E-state index in [0.29, 0.717) is 58.5 Å². The van der Waals surface area contributed by atoms with Gasteiger partial charge in [-0.05, 0) is 45.1 Å². The second-order valence-corrected chi connectivity index (χ2v) is 10.2. The molecule has 0 N–H and O–H groups in total. The van der Waals surface area contributed by atoms with E-state index in [2.05, 4.69) is 0 Å². The van der Waals surface area contributed by atoms with Gasteiger partial charge in [0.05, 0.1) is 18.3 Å². The number of nitrogens with zero attached hydrogens (tertiary/aromatic N) is 2. The maximum absolute atomic E-state index is 12.9. The number of ether oxygens (including phenoxy) is 1. The van der Waals surface area contributed by atoms with Gasteiger partial charge < -0.3 is 9.64 Å². The van der Waals surface area contributed by atoms with E-state index in [9.17, 15) is 18.0 Å². The number of sulfonamides is 1. The summed E-state index contributed by atoms with van der Waals surface area (Å²) in [5.74, 6) is -0.352. The maximum atomic E-state index is 12.9. The van der Waals surface area contributed by atoms with Crippen LogP contribution in [0.15, 0.2) is 24.3 Å². The molecule has 0 atom stereocenters. The lowest BCUT2D eigenvalue weighted by molar-refractivity contribution is -0.152. The van der Waals surface area contributed by atoms with Crippen molar-refractivity contribution < 1.29 is 22.7 Å². The van der Waals surface area contributed by atoms with Crippen LogP contribution >= 0.6 is 0 Å². The van der Waals surface area contributed by atoms with Crippen LogP contribution in [0.5, 0.6) is 0 Å². The largest absolute Gasteiger partial charge is 0.466 e. The molecule has 0 bridgehead atoms. The average Bonchev–Trinajstić information content (AvgIpc) is 2.75. The van der Waals surface area contributed by atoms with Crippen LogP contribution in [0.1, 0.15) is 43.7 Å². The Morgan fingerprint density at radius 1 is 0.967 bits per heavy atom. The van der Waals surface area contributed by atoms with Gasteiger partial charge in [0.1, 0.15) is 0 Å². The SMILES string of the molecule is CCOC(=O)C1CCN(C(=O)C2CCN(S(=O)(=O)Cc3ccc(C)cc3)CC2)CC1. The summed E-state index contributed by atoms with van der Waals surface area (Å²) in [5, 5.41) is 0. The average molecular weight is 437 g/mol. The molecule has 0 unspecified atom stereocenters. The zero-order valence-electron chi connectivity index (χ0n) is 17.9. The van der Waals surface area contributed by atoms with E-state index in [0.717, 1.165) is 11.1 Å². The Morgan fingerprint density at radius 3 is 2.10 bits per heavy atom. The number of hydrogen-bond acceptors (Lipinski definition) is 5. The number of amides is 1. The van der Waals surface area contributed by atoms with Gasteiger partial charge in [0.15, 0.2) is 0 Å². The van der Waals surface area contributed by atoms with Crippen LogP contribution in [-0.4, -0.2) is 62.3 Å². The van der Waals surface area contributed by atoms with Gasteiger partial charge in [0, 0.05) is 32.1 Å². The van der Waals surface area contributed by atoms with Crippen molar-refractivity contribution in [2.75, 3.05) is 32.8 Å². The normalized spacial score (nSPS) is 19.6. The fraction of sp³-hybridized carbons (Fsp3) is 0.636. The highest BCUT2D eigenvalue weighted by atomic mass is 32.2. The van der Waals surface area contributed by atoms with Crippen LogP contribution in [0.25, 0.3) is 0 Å². The van der Waals surface area contributed by atoms with E-state index in [-0.39, 0.29) is 29.5 Å². The molecule has 0 aliphatic carbocycles. The number of hydrogen-bond donors (Lipinski definition) is 0. The van der Waals surface area contributed by atoms with Crippen LogP contribution in [-0.2, 0) is 30.1 Å². The number of aryl methyl sites for hydroxylation is 1. The number of carbonyl (C=O) groups is 2. The first kappa shape index (κ1) is 22.7. The number of likely N-dealkylation sites (tertiary alicyclic amines) is 1. The lowest BCUT2D eigenvalue weighted by Gasteiger charge is -2.36. The highest BCUT2D eigenvalue weighted by molar-refractivity contribution is 7.88. The van der Waals surface area contributed by atoms with Gasteiger partial charge in [-0.3, -0.25) is 9.59 Å². The summed E-state index contributed by atoms with van der Waals surface area (Å²) >= 11 is 0. The molecule has 166 valence electrons. The van der Waals surface area contributed by atoms with Crippen LogP contribution in [0.4, 0.5) is 0 Å². The standard InChI is InChI=1S/C22H32N2O5S/c1-3-29-22(26)20-8-12-23(13-9-20)21(25)19-10-14-24(15-11-19)30(27,28)16-18-6-4-17(2)5-7-18/h4-7,19-20H,3,8-16H2,1-2H3. The Kier molecular flexibility index (Phi) is 7.52. The molecule has 0 spiro atoms. The molecule has 2 aliphatic rings. The molecule has 1 aromatic rings. The zero-order valence-corrected chi connectivity index (χ0v) is 18.7. The van der Waals surface area contributed by atoms with E-state index in [1.165, 1.54) is 4.31 Å². The van der Waals surface area contributed by atoms with Crippen LogP contribution in [0.2, 0.25) is 0 Å². The minimum absolute atomic E-state index is 0.00668. The molecule has 30 heavy (non-hydrogen) atoms. The molecule has 0 aromatic heterocycles. The van der Waals surface area contributed by atoms with Gasteiger partial charge in [0.2, 0.25) is 15.9 Å². The molecule has 2 heterocycles. The molecule has 0 radical (unpaired) electrons. The van der Waals surface area contributed by atoms with E-state index in [1.807, 2.05) is 36.1 Å². The van der Waals surface area contributed by atoms with Crippen molar-refractivity contribution in [2.24, 2.45) is 11.8 Å². The number of rotatable bonds is 6. The summed E-state index contributed by atoms with van der Waals surface area (Å²) in [4.78, 5) is 26.6. The van der Waals surface area contributed by atoms with Crippen molar-refractivity contribution in [3.63, 3.8) is 0 Å². The second kappa shape index (κ2) is 9.92. The number of benzene rings is 1.